The van der Waals surface area contributed by atoms with Crippen LogP contribution in [0.2, 0.25) is 0 Å². The van der Waals surface area contributed by atoms with Crippen molar-refractivity contribution in [3.8, 4) is 11.8 Å². The number of nitrogens with one attached hydrogen (secondary N) is 2. The molecule has 4 aliphatic heterocycles. The van der Waals surface area contributed by atoms with Gasteiger partial charge in [-0.15, -0.1) is 0 Å². The minimum atomic E-state index is -2.85. The molecule has 8 heterocycles. The molecule has 15 nitrogen and oxygen atoms in total. The van der Waals surface area contributed by atoms with E-state index < -0.39 is 23.9 Å². The second kappa shape index (κ2) is 17.3. The molecule has 336 valence electrons. The van der Waals surface area contributed by atoms with Gasteiger partial charge in [-0.3, -0.25) is 24.4 Å². The summed E-state index contributed by atoms with van der Waals surface area (Å²) in [5.41, 5.74) is 2.49. The zero-order valence-electron chi connectivity index (χ0n) is 35.8. The molecule has 0 spiro atoms. The minimum Gasteiger partial charge on any atom is -0.464 e. The van der Waals surface area contributed by atoms with Gasteiger partial charge in [0, 0.05) is 61.5 Å². The molecule has 3 atom stereocenters. The number of hydrogen-bond acceptors (Lipinski definition) is 11. The number of likely N-dealkylation sites (tertiary alicyclic amines) is 1. The molecule has 5 aliphatic rings. The summed E-state index contributed by atoms with van der Waals surface area (Å²) in [5, 5.41) is 16.6. The molecule has 65 heavy (non-hydrogen) atoms. The van der Waals surface area contributed by atoms with E-state index in [4.69, 9.17) is 18.9 Å². The number of carbonyl (C=O) groups is 3. The lowest BCUT2D eigenvalue weighted by Crippen LogP contribution is -2.40. The Morgan fingerprint density at radius 2 is 1.89 bits per heavy atom. The first-order valence-corrected chi connectivity index (χ1v) is 22.7. The van der Waals surface area contributed by atoms with Crippen LogP contribution in [0.1, 0.15) is 103 Å². The second-order valence-electron chi connectivity index (χ2n) is 18.1. The number of aromatic nitrogens is 5. The highest BCUT2D eigenvalue weighted by Crippen LogP contribution is 2.39. The topological polar surface area (TPSA) is 161 Å². The summed E-state index contributed by atoms with van der Waals surface area (Å²) in [6.07, 6.45) is 11.0. The maximum Gasteiger partial charge on any atom is 0.284 e. The standard InChI is InChI=1S/C48H49F2N9O6/c49-45(50)44-39(52-48(62)37-22-51-58-18-15-41(53-46(37)58)57-24-34-21-32(57)26-64-34)25-59(55-44)31-7-3-29(4-8-31)23-56-16-13-33(14-17-56)63-19-1-2-28-5-9-35-30(20-28)6-11-40-43(35)38(27-65-40)36-10-12-42(60)54-47(36)61/h5-6,9,11,15,18,20,22,25,27,29,31-34,36,45H,3-4,7-8,10,12-14,16-17,19,21,23-24,26H2,(H,52,62)(H,54,60,61)/t29?,31?,32-,34-,36+/m1/s1. The van der Waals surface area contributed by atoms with Crippen LogP contribution in [0.4, 0.5) is 20.3 Å². The average molecular weight is 886 g/mol. The number of piperidine rings is 2. The minimum absolute atomic E-state index is 0.00116. The Hall–Kier alpha value is -6.22. The molecule has 11 rings (SSSR count). The summed E-state index contributed by atoms with van der Waals surface area (Å²) in [4.78, 5) is 47.3. The number of alkyl halides is 2. The number of fused-ring (bicyclic) bond motifs is 6. The molecule has 0 unspecified atom stereocenters. The highest BCUT2D eigenvalue weighted by atomic mass is 19.3. The zero-order valence-corrected chi connectivity index (χ0v) is 35.8. The fourth-order valence-corrected chi connectivity index (χ4v) is 10.6. The van der Waals surface area contributed by atoms with E-state index in [2.05, 4.69) is 42.5 Å². The van der Waals surface area contributed by atoms with E-state index in [0.717, 1.165) is 104 Å². The molecule has 6 aromatic rings. The number of carbonyl (C=O) groups excluding carboxylic acids is 3. The van der Waals surface area contributed by atoms with Gasteiger partial charge in [0.2, 0.25) is 11.8 Å². The molecule has 1 aliphatic carbocycles. The number of anilines is 2. The Labute approximate surface area is 372 Å². The monoisotopic (exact) mass is 885 g/mol. The van der Waals surface area contributed by atoms with Gasteiger partial charge in [0.05, 0.1) is 55.0 Å². The van der Waals surface area contributed by atoms with Crippen LogP contribution < -0.4 is 15.5 Å². The van der Waals surface area contributed by atoms with E-state index in [1.54, 1.807) is 23.3 Å². The number of nitrogens with zero attached hydrogens (tertiary/aromatic N) is 7. The van der Waals surface area contributed by atoms with Crippen molar-refractivity contribution in [2.75, 3.05) is 49.6 Å². The summed E-state index contributed by atoms with van der Waals surface area (Å²) in [7, 11) is 0. The lowest BCUT2D eigenvalue weighted by atomic mass is 9.85. The largest absolute Gasteiger partial charge is 0.464 e. The van der Waals surface area contributed by atoms with Gasteiger partial charge in [-0.2, -0.15) is 10.2 Å². The number of furan rings is 1. The van der Waals surface area contributed by atoms with E-state index in [1.165, 1.54) is 10.7 Å². The first-order chi connectivity index (χ1) is 31.7. The molecule has 1 saturated carbocycles. The average Bonchev–Trinajstić information content (AvgIpc) is 4.18. The fourth-order valence-electron chi connectivity index (χ4n) is 10.6. The van der Waals surface area contributed by atoms with Crippen LogP contribution in [0.25, 0.3) is 27.4 Å². The Bertz CT molecular complexity index is 2860. The first-order valence-electron chi connectivity index (χ1n) is 22.7. The van der Waals surface area contributed by atoms with Crippen LogP contribution in [0, 0.1) is 17.8 Å². The van der Waals surface area contributed by atoms with E-state index >= 15 is 0 Å². The molecule has 4 saturated heterocycles. The highest BCUT2D eigenvalue weighted by molar-refractivity contribution is 6.11. The predicted octanol–water partition coefficient (Wildman–Crippen LogP) is 6.78. The molecule has 2 aromatic carbocycles. The van der Waals surface area contributed by atoms with Crippen LogP contribution in [0.15, 0.2) is 65.7 Å². The van der Waals surface area contributed by atoms with Gasteiger partial charge in [0.1, 0.15) is 23.6 Å². The van der Waals surface area contributed by atoms with Gasteiger partial charge < -0.3 is 29.0 Å². The number of hydrogen-bond donors (Lipinski definition) is 2. The third kappa shape index (κ3) is 8.23. The number of amides is 3. The van der Waals surface area contributed by atoms with Crippen LogP contribution in [0.3, 0.4) is 0 Å². The molecule has 2 bridgehead atoms. The summed E-state index contributed by atoms with van der Waals surface area (Å²) >= 11 is 0. The van der Waals surface area contributed by atoms with E-state index in [0.29, 0.717) is 43.2 Å². The molecular weight excluding hydrogens is 837 g/mol. The van der Waals surface area contributed by atoms with Crippen LogP contribution >= 0.6 is 0 Å². The lowest BCUT2D eigenvalue weighted by molar-refractivity contribution is -0.134. The van der Waals surface area contributed by atoms with Crippen LogP contribution in [-0.2, 0) is 19.1 Å². The van der Waals surface area contributed by atoms with Crippen molar-refractivity contribution < 1.29 is 37.1 Å². The van der Waals surface area contributed by atoms with Crippen LogP contribution in [0.5, 0.6) is 0 Å². The van der Waals surface area contributed by atoms with Gasteiger partial charge in [0.25, 0.3) is 12.3 Å². The normalized spacial score (nSPS) is 24.0. The van der Waals surface area contributed by atoms with Gasteiger partial charge in [-0.25, -0.2) is 18.3 Å². The molecule has 3 amide bonds. The fraction of sp³-hybridized carbons (Fsp3) is 0.458. The molecule has 2 N–H and O–H groups in total. The maximum absolute atomic E-state index is 14.3. The first kappa shape index (κ1) is 41.5. The SMILES string of the molecule is O=C1CC[C@@H](c2coc3ccc4cc(C#CCOC5CCN(CC6CCC(n7cc(NC(=O)c8cnn9ccc(N%10C[C@H]%11C[C@@H]%10CO%11)nc89)c(C(F)F)n7)CC6)CC5)ccc4c23)C(=O)N1. The number of morpholine rings is 1. The Morgan fingerprint density at radius 3 is 2.68 bits per heavy atom. The van der Waals surface area contributed by atoms with Gasteiger partial charge in [-0.05, 0) is 92.3 Å². The van der Waals surface area contributed by atoms with Crippen molar-refractivity contribution in [3.63, 3.8) is 0 Å². The smallest absolute Gasteiger partial charge is 0.284 e. The number of benzene rings is 2. The van der Waals surface area contributed by atoms with Crippen molar-refractivity contribution in [1.29, 1.82) is 0 Å². The molecule has 0 radical (unpaired) electrons. The van der Waals surface area contributed by atoms with Crippen molar-refractivity contribution in [2.24, 2.45) is 5.92 Å². The number of imide groups is 1. The van der Waals surface area contributed by atoms with Crippen molar-refractivity contribution in [3.05, 3.63) is 83.6 Å². The van der Waals surface area contributed by atoms with E-state index in [9.17, 15) is 23.2 Å². The van der Waals surface area contributed by atoms with E-state index in [-0.39, 0.29) is 47.4 Å². The molecule has 17 heteroatoms. The molecular formula is C48H49F2N9O6. The summed E-state index contributed by atoms with van der Waals surface area (Å²) in [5.74, 6) is 6.16. The van der Waals surface area contributed by atoms with E-state index in [1.807, 2.05) is 36.4 Å². The maximum atomic E-state index is 14.3. The summed E-state index contributed by atoms with van der Waals surface area (Å²) < 4.78 is 49.5. The quantitative estimate of drug-likeness (QED) is 0.110. The summed E-state index contributed by atoms with van der Waals surface area (Å²) in [6.45, 7) is 4.62. The van der Waals surface area contributed by atoms with Gasteiger partial charge in [0.15, 0.2) is 11.3 Å². The second-order valence-corrected chi connectivity index (χ2v) is 18.1. The van der Waals surface area contributed by atoms with Crippen molar-refractivity contribution in [1.82, 2.24) is 34.6 Å². The Balaban J connectivity index is 0.647. The Morgan fingerprint density at radius 1 is 1.03 bits per heavy atom. The highest BCUT2D eigenvalue weighted by Gasteiger charge is 2.40. The lowest BCUT2D eigenvalue weighted by Gasteiger charge is -2.36. The van der Waals surface area contributed by atoms with Crippen LogP contribution in [-0.4, -0.2) is 105 Å². The number of rotatable bonds is 10. The third-order valence-electron chi connectivity index (χ3n) is 14.1. The Kier molecular flexibility index (Phi) is 11.0. The van der Waals surface area contributed by atoms with Crippen molar-refractivity contribution in [2.45, 2.75) is 94.4 Å². The number of halogens is 2. The third-order valence-corrected chi connectivity index (χ3v) is 14.1. The van der Waals surface area contributed by atoms with Gasteiger partial charge >= 0.3 is 0 Å². The molecule has 5 fully saturated rings. The van der Waals surface area contributed by atoms with Gasteiger partial charge in [-0.1, -0.05) is 24.0 Å². The predicted molar refractivity (Wildman–Crippen MR) is 236 cm³/mol. The zero-order chi connectivity index (χ0) is 44.2. The molecule has 4 aromatic heterocycles. The summed E-state index contributed by atoms with van der Waals surface area (Å²) in [6, 6.07) is 12.0. The number of ether oxygens (including phenoxy) is 2. The van der Waals surface area contributed by atoms with Crippen molar-refractivity contribution >= 4 is 56.6 Å².